The van der Waals surface area contributed by atoms with E-state index in [0.29, 0.717) is 36.7 Å². The van der Waals surface area contributed by atoms with Crippen molar-refractivity contribution in [1.82, 2.24) is 19.4 Å². The standard InChI is InChI=1S/C22H26N4O3S2/c1-17-9-10-21(30-17)31(28,29)26-13-4-8-20(16-26)22(27)23-14-18-6-2-3-7-19(18)15-25-12-5-11-24-25/h2-3,5-7,9-12,20H,4,8,13-16H2,1H3,(H,23,27)/t20-/m0/s1. The first-order valence-electron chi connectivity index (χ1n) is 10.3. The van der Waals surface area contributed by atoms with Crippen molar-refractivity contribution in [1.29, 1.82) is 0 Å². The summed E-state index contributed by atoms with van der Waals surface area (Å²) in [6.07, 6.45) is 5.01. The molecule has 1 fully saturated rings. The number of aryl methyl sites for hydroxylation is 1. The van der Waals surface area contributed by atoms with Crippen molar-refractivity contribution >= 4 is 27.3 Å². The Morgan fingerprint density at radius 2 is 2.00 bits per heavy atom. The van der Waals surface area contributed by atoms with Crippen molar-refractivity contribution in [3.63, 3.8) is 0 Å². The molecule has 4 rings (SSSR count). The smallest absolute Gasteiger partial charge is 0.252 e. The molecule has 1 atom stereocenters. The number of carbonyl (C=O) groups excluding carboxylic acids is 1. The van der Waals surface area contributed by atoms with E-state index in [0.717, 1.165) is 16.0 Å². The topological polar surface area (TPSA) is 84.3 Å². The summed E-state index contributed by atoms with van der Waals surface area (Å²) in [6, 6.07) is 13.3. The number of thiophene rings is 1. The number of carbonyl (C=O) groups is 1. The first kappa shape index (κ1) is 21.7. The van der Waals surface area contributed by atoms with Gasteiger partial charge in [-0.1, -0.05) is 24.3 Å². The third-order valence-corrected chi connectivity index (χ3v) is 8.86. The summed E-state index contributed by atoms with van der Waals surface area (Å²) in [5, 5.41) is 7.26. The van der Waals surface area contributed by atoms with Crippen LogP contribution < -0.4 is 5.32 Å². The second kappa shape index (κ2) is 9.33. The molecule has 9 heteroatoms. The minimum Gasteiger partial charge on any atom is -0.352 e. The maximum absolute atomic E-state index is 12.9. The molecule has 1 saturated heterocycles. The highest BCUT2D eigenvalue weighted by Crippen LogP contribution is 2.28. The monoisotopic (exact) mass is 458 g/mol. The van der Waals surface area contributed by atoms with E-state index in [1.807, 2.05) is 54.2 Å². The molecule has 1 amide bonds. The predicted octanol–water partition coefficient (Wildman–Crippen LogP) is 3.02. The molecule has 31 heavy (non-hydrogen) atoms. The van der Waals surface area contributed by atoms with E-state index in [2.05, 4.69) is 10.4 Å². The average molecular weight is 459 g/mol. The Balaban J connectivity index is 1.39. The quantitative estimate of drug-likeness (QED) is 0.590. The van der Waals surface area contributed by atoms with Crippen molar-refractivity contribution in [3.8, 4) is 0 Å². The summed E-state index contributed by atoms with van der Waals surface area (Å²) in [7, 11) is -3.55. The highest BCUT2D eigenvalue weighted by Gasteiger charge is 2.33. The number of hydrogen-bond donors (Lipinski definition) is 1. The lowest BCUT2D eigenvalue weighted by atomic mass is 9.98. The molecule has 1 N–H and O–H groups in total. The Labute approximate surface area is 186 Å². The second-order valence-corrected chi connectivity index (χ2v) is 11.2. The lowest BCUT2D eigenvalue weighted by Crippen LogP contribution is -2.45. The molecule has 164 valence electrons. The maximum Gasteiger partial charge on any atom is 0.252 e. The van der Waals surface area contributed by atoms with Gasteiger partial charge in [-0.3, -0.25) is 9.48 Å². The molecule has 3 aromatic rings. The molecule has 0 aliphatic carbocycles. The van der Waals surface area contributed by atoms with E-state index in [1.165, 1.54) is 15.6 Å². The van der Waals surface area contributed by atoms with Crippen molar-refractivity contribution in [2.24, 2.45) is 5.92 Å². The fraction of sp³-hybridized carbons (Fsp3) is 0.364. The summed E-state index contributed by atoms with van der Waals surface area (Å²) in [5.74, 6) is -0.445. The summed E-state index contributed by atoms with van der Waals surface area (Å²) < 4.78 is 29.5. The number of piperidine rings is 1. The average Bonchev–Trinajstić information content (AvgIpc) is 3.45. The molecule has 0 bridgehead atoms. The fourth-order valence-corrected chi connectivity index (χ4v) is 6.79. The molecule has 2 aromatic heterocycles. The predicted molar refractivity (Wildman–Crippen MR) is 120 cm³/mol. The van der Waals surface area contributed by atoms with E-state index in [9.17, 15) is 13.2 Å². The van der Waals surface area contributed by atoms with Gasteiger partial charge in [-0.2, -0.15) is 9.40 Å². The van der Waals surface area contributed by atoms with Gasteiger partial charge in [-0.15, -0.1) is 11.3 Å². The zero-order valence-corrected chi connectivity index (χ0v) is 19.0. The van der Waals surface area contributed by atoms with Crippen LogP contribution in [0.15, 0.2) is 59.1 Å². The summed E-state index contributed by atoms with van der Waals surface area (Å²) in [5.41, 5.74) is 2.12. The normalized spacial score (nSPS) is 17.5. The van der Waals surface area contributed by atoms with Crippen LogP contribution in [0.3, 0.4) is 0 Å². The van der Waals surface area contributed by atoms with E-state index in [-0.39, 0.29) is 18.4 Å². The largest absolute Gasteiger partial charge is 0.352 e. The molecular formula is C22H26N4O3S2. The van der Waals surface area contributed by atoms with Gasteiger partial charge in [-0.05, 0) is 49.1 Å². The number of rotatable bonds is 7. The molecule has 0 saturated carbocycles. The van der Waals surface area contributed by atoms with Crippen molar-refractivity contribution in [2.75, 3.05) is 13.1 Å². The van der Waals surface area contributed by atoms with Crippen molar-refractivity contribution < 1.29 is 13.2 Å². The van der Waals surface area contributed by atoms with E-state index in [1.54, 1.807) is 12.3 Å². The summed E-state index contributed by atoms with van der Waals surface area (Å²) >= 11 is 1.27. The minimum absolute atomic E-state index is 0.101. The van der Waals surface area contributed by atoms with Gasteiger partial charge in [0.1, 0.15) is 4.21 Å². The Kier molecular flexibility index (Phi) is 6.54. The third-order valence-electron chi connectivity index (χ3n) is 5.53. The fourth-order valence-electron chi connectivity index (χ4n) is 3.83. The summed E-state index contributed by atoms with van der Waals surface area (Å²) in [4.78, 5) is 13.8. The van der Waals surface area contributed by atoms with Crippen LogP contribution in [0, 0.1) is 12.8 Å². The van der Waals surface area contributed by atoms with Gasteiger partial charge in [0.2, 0.25) is 5.91 Å². The number of benzene rings is 1. The summed E-state index contributed by atoms with van der Waals surface area (Å²) in [6.45, 7) is 3.61. The van der Waals surface area contributed by atoms with Crippen LogP contribution in [0.4, 0.5) is 0 Å². The van der Waals surface area contributed by atoms with Gasteiger partial charge in [0.05, 0.1) is 12.5 Å². The van der Waals surface area contributed by atoms with Crippen LogP contribution in [-0.4, -0.2) is 41.5 Å². The Hall–Kier alpha value is -2.49. The first-order valence-corrected chi connectivity index (χ1v) is 12.6. The van der Waals surface area contributed by atoms with E-state index >= 15 is 0 Å². The Morgan fingerprint density at radius 3 is 2.71 bits per heavy atom. The number of sulfonamides is 1. The number of amides is 1. The van der Waals surface area contributed by atoms with Crippen molar-refractivity contribution in [2.45, 2.75) is 37.1 Å². The van der Waals surface area contributed by atoms with Crippen LogP contribution >= 0.6 is 11.3 Å². The zero-order chi connectivity index (χ0) is 21.8. The molecule has 1 aromatic carbocycles. The maximum atomic E-state index is 12.9. The molecule has 1 aliphatic heterocycles. The van der Waals surface area contributed by atoms with Gasteiger partial charge < -0.3 is 5.32 Å². The first-order chi connectivity index (χ1) is 14.9. The lowest BCUT2D eigenvalue weighted by molar-refractivity contribution is -0.126. The molecule has 0 unspecified atom stereocenters. The Morgan fingerprint density at radius 1 is 1.19 bits per heavy atom. The molecule has 7 nitrogen and oxygen atoms in total. The van der Waals surface area contributed by atoms with Crippen LogP contribution in [-0.2, 0) is 27.9 Å². The van der Waals surface area contributed by atoms with Gasteiger partial charge in [0.25, 0.3) is 10.0 Å². The van der Waals surface area contributed by atoms with Crippen LogP contribution in [0.1, 0.15) is 28.8 Å². The number of hydrogen-bond acceptors (Lipinski definition) is 5. The second-order valence-electron chi connectivity index (χ2n) is 7.76. The van der Waals surface area contributed by atoms with Gasteiger partial charge in [0.15, 0.2) is 0 Å². The molecule has 3 heterocycles. The van der Waals surface area contributed by atoms with Crippen LogP contribution in [0.2, 0.25) is 0 Å². The highest BCUT2D eigenvalue weighted by atomic mass is 32.2. The molecular weight excluding hydrogens is 432 g/mol. The molecule has 0 radical (unpaired) electrons. The minimum atomic E-state index is -3.55. The Bertz CT molecular complexity index is 1140. The lowest BCUT2D eigenvalue weighted by Gasteiger charge is -2.30. The number of aromatic nitrogens is 2. The van der Waals surface area contributed by atoms with Crippen molar-refractivity contribution in [3.05, 3.63) is 70.9 Å². The van der Waals surface area contributed by atoms with Gasteiger partial charge in [0, 0.05) is 36.9 Å². The van der Waals surface area contributed by atoms with Crippen LogP contribution in [0.5, 0.6) is 0 Å². The zero-order valence-electron chi connectivity index (χ0n) is 17.4. The molecule has 0 spiro atoms. The highest BCUT2D eigenvalue weighted by molar-refractivity contribution is 7.91. The molecule has 1 aliphatic rings. The van der Waals surface area contributed by atoms with Gasteiger partial charge >= 0.3 is 0 Å². The van der Waals surface area contributed by atoms with Crippen LogP contribution in [0.25, 0.3) is 0 Å². The van der Waals surface area contributed by atoms with E-state index in [4.69, 9.17) is 0 Å². The van der Waals surface area contributed by atoms with Gasteiger partial charge in [-0.25, -0.2) is 8.42 Å². The number of nitrogens with one attached hydrogen (secondary N) is 1. The third kappa shape index (κ3) is 5.06. The SMILES string of the molecule is Cc1ccc(S(=O)(=O)N2CCC[C@H](C(=O)NCc3ccccc3Cn3cccn3)C2)s1. The van der Waals surface area contributed by atoms with E-state index < -0.39 is 10.0 Å². The number of nitrogens with zero attached hydrogens (tertiary/aromatic N) is 3.